The Morgan fingerprint density at radius 1 is 1.42 bits per heavy atom. The van der Waals surface area contributed by atoms with Crippen molar-refractivity contribution in [1.82, 2.24) is 4.98 Å². The molecule has 0 spiro atoms. The molecule has 0 saturated carbocycles. The molecule has 0 amide bonds. The number of carbonyl (C=O) groups excluding carboxylic acids is 2. The lowest BCUT2D eigenvalue weighted by Crippen LogP contribution is -2.30. The van der Waals surface area contributed by atoms with E-state index in [1.807, 2.05) is 0 Å². The third kappa shape index (κ3) is 3.73. The molecule has 0 aromatic carbocycles. The minimum absolute atomic E-state index is 0.0246. The fraction of sp³-hybridized carbons (Fsp3) is 0.417. The van der Waals surface area contributed by atoms with Crippen LogP contribution in [0, 0.1) is 0 Å². The highest BCUT2D eigenvalue weighted by atomic mass is 16.5. The topological polar surface area (TPSA) is 106 Å². The maximum absolute atomic E-state index is 11.3. The third-order valence-electron chi connectivity index (χ3n) is 2.33. The molecule has 2 atom stereocenters. The van der Waals surface area contributed by atoms with Crippen LogP contribution in [0.3, 0.4) is 0 Å². The highest BCUT2D eigenvalue weighted by molar-refractivity contribution is 5.89. The van der Waals surface area contributed by atoms with Crippen molar-refractivity contribution in [3.8, 4) is 0 Å². The van der Waals surface area contributed by atoms with E-state index in [1.54, 1.807) is 6.92 Å². The molecule has 1 aromatic rings. The molecule has 0 aliphatic carbocycles. The van der Waals surface area contributed by atoms with Gasteiger partial charge in [-0.1, -0.05) is 0 Å². The predicted octanol–water partition coefficient (Wildman–Crippen LogP) is -0.174. The van der Waals surface area contributed by atoms with Gasteiger partial charge in [-0.15, -0.1) is 0 Å². The zero-order valence-electron chi connectivity index (χ0n) is 10.6. The van der Waals surface area contributed by atoms with E-state index in [9.17, 15) is 19.8 Å². The minimum Gasteiger partial charge on any atom is -0.465 e. The van der Waals surface area contributed by atoms with E-state index >= 15 is 0 Å². The number of ether oxygens (including phenoxy) is 2. The lowest BCUT2D eigenvalue weighted by Gasteiger charge is -2.16. The number of esters is 2. The van der Waals surface area contributed by atoms with Crippen LogP contribution in [-0.4, -0.2) is 47.0 Å². The summed E-state index contributed by atoms with van der Waals surface area (Å²) in [5.74, 6) is -1.57. The summed E-state index contributed by atoms with van der Waals surface area (Å²) in [6, 6.07) is 2.62. The van der Waals surface area contributed by atoms with E-state index < -0.39 is 24.1 Å². The maximum atomic E-state index is 11.3. The number of aliphatic hydroxyl groups is 2. The lowest BCUT2D eigenvalue weighted by atomic mass is 10.1. The largest absolute Gasteiger partial charge is 0.465 e. The number of methoxy groups -OCH3 is 1. The van der Waals surface area contributed by atoms with Crippen molar-refractivity contribution >= 4 is 11.9 Å². The van der Waals surface area contributed by atoms with Crippen molar-refractivity contribution in [1.29, 1.82) is 0 Å². The number of pyridine rings is 1. The van der Waals surface area contributed by atoms with Crippen LogP contribution in [0.25, 0.3) is 0 Å². The fourth-order valence-electron chi connectivity index (χ4n) is 1.37. The van der Waals surface area contributed by atoms with E-state index in [0.717, 1.165) is 0 Å². The lowest BCUT2D eigenvalue weighted by molar-refractivity contribution is -0.159. The van der Waals surface area contributed by atoms with Crippen molar-refractivity contribution in [2.75, 3.05) is 13.7 Å². The van der Waals surface area contributed by atoms with Gasteiger partial charge in [0.1, 0.15) is 6.10 Å². The highest BCUT2D eigenvalue weighted by Crippen LogP contribution is 2.17. The number of rotatable bonds is 5. The molecular weight excluding hydrogens is 254 g/mol. The Bertz CT molecular complexity index is 461. The van der Waals surface area contributed by atoms with Crippen LogP contribution in [0.5, 0.6) is 0 Å². The molecule has 1 aromatic heterocycles. The average molecular weight is 269 g/mol. The summed E-state index contributed by atoms with van der Waals surface area (Å²) < 4.78 is 9.09. The smallest absolute Gasteiger partial charge is 0.338 e. The molecule has 0 fully saturated rings. The van der Waals surface area contributed by atoms with E-state index in [-0.39, 0.29) is 17.9 Å². The van der Waals surface area contributed by atoms with Gasteiger partial charge in [-0.25, -0.2) is 9.59 Å². The van der Waals surface area contributed by atoms with Gasteiger partial charge in [0, 0.05) is 6.20 Å². The van der Waals surface area contributed by atoms with Crippen LogP contribution in [0.4, 0.5) is 0 Å². The van der Waals surface area contributed by atoms with E-state index in [4.69, 9.17) is 0 Å². The van der Waals surface area contributed by atoms with Crippen LogP contribution in [-0.2, 0) is 14.3 Å². The van der Waals surface area contributed by atoms with Crippen molar-refractivity contribution in [3.63, 3.8) is 0 Å². The van der Waals surface area contributed by atoms with Crippen LogP contribution >= 0.6 is 0 Å². The molecule has 104 valence electrons. The monoisotopic (exact) mass is 269 g/mol. The number of nitrogens with zero attached hydrogens (tertiary/aromatic N) is 1. The van der Waals surface area contributed by atoms with Crippen molar-refractivity contribution < 1.29 is 29.3 Å². The normalized spacial score (nSPS) is 13.5. The molecule has 0 aliphatic heterocycles. The van der Waals surface area contributed by atoms with Gasteiger partial charge in [0.25, 0.3) is 0 Å². The first kappa shape index (κ1) is 15.1. The second-order valence-electron chi connectivity index (χ2n) is 3.60. The zero-order chi connectivity index (χ0) is 14.4. The first-order chi connectivity index (χ1) is 9.01. The van der Waals surface area contributed by atoms with Crippen LogP contribution < -0.4 is 0 Å². The van der Waals surface area contributed by atoms with Crippen LogP contribution in [0.1, 0.15) is 29.1 Å². The molecule has 7 heteroatoms. The van der Waals surface area contributed by atoms with Crippen molar-refractivity contribution in [3.05, 3.63) is 29.6 Å². The average Bonchev–Trinajstić information content (AvgIpc) is 2.45. The second kappa shape index (κ2) is 6.81. The third-order valence-corrected chi connectivity index (χ3v) is 2.33. The van der Waals surface area contributed by atoms with Gasteiger partial charge in [-0.05, 0) is 19.1 Å². The number of hydrogen-bond acceptors (Lipinski definition) is 7. The summed E-state index contributed by atoms with van der Waals surface area (Å²) in [4.78, 5) is 26.4. The minimum atomic E-state index is -1.76. The summed E-state index contributed by atoms with van der Waals surface area (Å²) >= 11 is 0. The Morgan fingerprint density at radius 2 is 2.11 bits per heavy atom. The Balaban J connectivity index is 2.90. The Kier molecular flexibility index (Phi) is 5.40. The molecule has 0 saturated heterocycles. The van der Waals surface area contributed by atoms with Gasteiger partial charge in [-0.2, -0.15) is 0 Å². The maximum Gasteiger partial charge on any atom is 0.338 e. The Hall–Kier alpha value is -1.99. The molecule has 1 rings (SSSR count). The molecular formula is C12H15NO6. The fourth-order valence-corrected chi connectivity index (χ4v) is 1.37. The van der Waals surface area contributed by atoms with E-state index in [2.05, 4.69) is 14.5 Å². The summed E-state index contributed by atoms with van der Waals surface area (Å²) in [5.41, 5.74) is 0.131. The van der Waals surface area contributed by atoms with Gasteiger partial charge in [-0.3, -0.25) is 4.98 Å². The SMILES string of the molecule is CCOC(=O)C(O)C(O)c1cc(C(=O)OC)ccn1. The Morgan fingerprint density at radius 3 is 2.68 bits per heavy atom. The zero-order valence-corrected chi connectivity index (χ0v) is 10.6. The quantitative estimate of drug-likeness (QED) is 0.714. The van der Waals surface area contributed by atoms with E-state index in [0.29, 0.717) is 0 Å². The summed E-state index contributed by atoms with van der Waals surface area (Å²) in [6.45, 7) is 1.66. The molecule has 19 heavy (non-hydrogen) atoms. The van der Waals surface area contributed by atoms with Crippen LogP contribution in [0.15, 0.2) is 18.3 Å². The summed E-state index contributed by atoms with van der Waals surface area (Å²) in [7, 11) is 1.21. The van der Waals surface area contributed by atoms with Gasteiger partial charge in [0.15, 0.2) is 6.10 Å². The standard InChI is InChI=1S/C12H15NO6/c1-3-19-12(17)10(15)9(14)8-6-7(4-5-13-8)11(16)18-2/h4-6,9-10,14-15H,3H2,1-2H3. The molecule has 2 unspecified atom stereocenters. The molecule has 2 N–H and O–H groups in total. The van der Waals surface area contributed by atoms with E-state index in [1.165, 1.54) is 25.4 Å². The number of aliphatic hydroxyl groups excluding tert-OH is 2. The molecule has 1 heterocycles. The molecule has 0 aliphatic rings. The van der Waals surface area contributed by atoms with Gasteiger partial charge in [0.05, 0.1) is 25.0 Å². The predicted molar refractivity (Wildman–Crippen MR) is 63.2 cm³/mol. The summed E-state index contributed by atoms with van der Waals surface area (Å²) in [6.07, 6.45) is -2.08. The summed E-state index contributed by atoms with van der Waals surface area (Å²) in [5, 5.41) is 19.4. The first-order valence-corrected chi connectivity index (χ1v) is 5.58. The van der Waals surface area contributed by atoms with Crippen molar-refractivity contribution in [2.24, 2.45) is 0 Å². The highest BCUT2D eigenvalue weighted by Gasteiger charge is 2.28. The van der Waals surface area contributed by atoms with Gasteiger partial charge in [0.2, 0.25) is 0 Å². The molecule has 0 bridgehead atoms. The first-order valence-electron chi connectivity index (χ1n) is 5.58. The number of aromatic nitrogens is 1. The van der Waals surface area contributed by atoms with Crippen molar-refractivity contribution in [2.45, 2.75) is 19.1 Å². The van der Waals surface area contributed by atoms with Gasteiger partial charge < -0.3 is 19.7 Å². The number of carbonyl (C=O) groups is 2. The van der Waals surface area contributed by atoms with Crippen LogP contribution in [0.2, 0.25) is 0 Å². The van der Waals surface area contributed by atoms with Gasteiger partial charge >= 0.3 is 11.9 Å². The second-order valence-corrected chi connectivity index (χ2v) is 3.60. The Labute approximate surface area is 109 Å². The molecule has 7 nitrogen and oxygen atoms in total. The molecule has 0 radical (unpaired) electrons. The number of hydrogen-bond donors (Lipinski definition) is 2.